The maximum atomic E-state index is 11.9. The number of anilines is 1. The molecule has 0 radical (unpaired) electrons. The Morgan fingerprint density at radius 1 is 1.14 bits per heavy atom. The van der Waals surface area contributed by atoms with E-state index in [1.165, 1.54) is 25.7 Å². The van der Waals surface area contributed by atoms with Gasteiger partial charge in [-0.05, 0) is 62.8 Å². The van der Waals surface area contributed by atoms with Gasteiger partial charge < -0.3 is 10.6 Å². The molecule has 1 saturated carbocycles. The van der Waals surface area contributed by atoms with Gasteiger partial charge in [-0.25, -0.2) is 0 Å². The number of benzene rings is 1. The van der Waals surface area contributed by atoms with Gasteiger partial charge in [0.2, 0.25) is 0 Å². The summed E-state index contributed by atoms with van der Waals surface area (Å²) in [6.45, 7) is 7.34. The molecule has 0 heterocycles. The lowest BCUT2D eigenvalue weighted by atomic mass is 9.83. The van der Waals surface area contributed by atoms with Crippen LogP contribution in [0.4, 0.5) is 5.69 Å². The van der Waals surface area contributed by atoms with E-state index in [0.29, 0.717) is 0 Å². The number of amides is 1. The summed E-state index contributed by atoms with van der Waals surface area (Å²) in [5.41, 5.74) is 1.83. The Labute approximate surface area is 128 Å². The Hall–Kier alpha value is -1.51. The Balaban J connectivity index is 1.81. The number of hydrogen-bond acceptors (Lipinski definition) is 2. The smallest absolute Gasteiger partial charge is 0.251 e. The summed E-state index contributed by atoms with van der Waals surface area (Å²) in [5, 5.41) is 6.41. The van der Waals surface area contributed by atoms with Gasteiger partial charge in [-0.1, -0.05) is 19.8 Å². The molecule has 3 nitrogen and oxygen atoms in total. The van der Waals surface area contributed by atoms with Crippen LogP contribution in [0.15, 0.2) is 24.3 Å². The van der Waals surface area contributed by atoms with Crippen molar-refractivity contribution in [2.75, 3.05) is 11.9 Å². The Bertz CT molecular complexity index is 445. The lowest BCUT2D eigenvalue weighted by Crippen LogP contribution is -2.30. The zero-order valence-electron chi connectivity index (χ0n) is 13.5. The summed E-state index contributed by atoms with van der Waals surface area (Å²) in [4.78, 5) is 11.9. The molecular formula is C18H28N2O. The van der Waals surface area contributed by atoms with Crippen LogP contribution in [0.5, 0.6) is 0 Å². The molecule has 0 spiro atoms. The minimum absolute atomic E-state index is 0.00202. The summed E-state index contributed by atoms with van der Waals surface area (Å²) in [5.74, 6) is 1.70. The second-order valence-corrected chi connectivity index (χ2v) is 6.71. The topological polar surface area (TPSA) is 41.1 Å². The minimum Gasteiger partial charge on any atom is -0.385 e. The molecule has 2 rings (SSSR count). The fourth-order valence-corrected chi connectivity index (χ4v) is 2.88. The van der Waals surface area contributed by atoms with E-state index < -0.39 is 0 Å². The van der Waals surface area contributed by atoms with Crippen molar-refractivity contribution in [3.8, 4) is 0 Å². The van der Waals surface area contributed by atoms with E-state index in [1.807, 2.05) is 38.1 Å². The molecule has 0 unspecified atom stereocenters. The van der Waals surface area contributed by atoms with Crippen molar-refractivity contribution < 1.29 is 4.79 Å². The molecule has 21 heavy (non-hydrogen) atoms. The first-order valence-electron chi connectivity index (χ1n) is 8.19. The Morgan fingerprint density at radius 2 is 1.76 bits per heavy atom. The van der Waals surface area contributed by atoms with Gasteiger partial charge in [0.25, 0.3) is 5.91 Å². The maximum Gasteiger partial charge on any atom is 0.251 e. The van der Waals surface area contributed by atoms with E-state index in [4.69, 9.17) is 0 Å². The Kier molecular flexibility index (Phi) is 5.66. The van der Waals surface area contributed by atoms with Gasteiger partial charge in [0.15, 0.2) is 0 Å². The highest BCUT2D eigenvalue weighted by atomic mass is 16.1. The van der Waals surface area contributed by atoms with E-state index in [1.54, 1.807) is 0 Å². The quantitative estimate of drug-likeness (QED) is 0.857. The third-order valence-corrected chi connectivity index (χ3v) is 4.30. The molecule has 0 bridgehead atoms. The van der Waals surface area contributed by atoms with E-state index in [2.05, 4.69) is 17.6 Å². The molecule has 1 aromatic carbocycles. The van der Waals surface area contributed by atoms with Crippen molar-refractivity contribution >= 4 is 11.6 Å². The van der Waals surface area contributed by atoms with E-state index in [0.717, 1.165) is 29.6 Å². The number of rotatable bonds is 5. The predicted octanol–water partition coefficient (Wildman–Crippen LogP) is 4.06. The molecule has 0 saturated heterocycles. The molecule has 3 heteroatoms. The summed E-state index contributed by atoms with van der Waals surface area (Å²) in [7, 11) is 0. The molecule has 0 atom stereocenters. The third kappa shape index (κ3) is 5.07. The molecule has 1 fully saturated rings. The summed E-state index contributed by atoms with van der Waals surface area (Å²) < 4.78 is 0. The van der Waals surface area contributed by atoms with Crippen molar-refractivity contribution in [2.24, 2.45) is 11.8 Å². The van der Waals surface area contributed by atoms with Crippen molar-refractivity contribution in [1.82, 2.24) is 5.32 Å². The second-order valence-electron chi connectivity index (χ2n) is 6.71. The number of nitrogens with one attached hydrogen (secondary N) is 2. The normalized spacial score (nSPS) is 22.1. The first-order valence-corrected chi connectivity index (χ1v) is 8.19. The van der Waals surface area contributed by atoms with Crippen molar-refractivity contribution in [1.29, 1.82) is 0 Å². The van der Waals surface area contributed by atoms with Crippen LogP contribution in [0.3, 0.4) is 0 Å². The minimum atomic E-state index is -0.00202. The van der Waals surface area contributed by atoms with Crippen molar-refractivity contribution in [3.63, 3.8) is 0 Å². The van der Waals surface area contributed by atoms with Crippen LogP contribution < -0.4 is 10.6 Å². The average molecular weight is 288 g/mol. The molecular weight excluding hydrogens is 260 g/mol. The van der Waals surface area contributed by atoms with Crippen LogP contribution in [0.2, 0.25) is 0 Å². The van der Waals surface area contributed by atoms with Crippen LogP contribution >= 0.6 is 0 Å². The van der Waals surface area contributed by atoms with Crippen LogP contribution in [0.1, 0.15) is 56.8 Å². The standard InChI is InChI=1S/C18H28N2O/c1-13(2)20-18(21)16-8-10-17(11-9-16)19-12-15-6-4-14(3)5-7-15/h8-11,13-15,19H,4-7,12H2,1-3H3,(H,20,21). The lowest BCUT2D eigenvalue weighted by Gasteiger charge is -2.26. The van der Waals surface area contributed by atoms with Gasteiger partial charge in [0.05, 0.1) is 0 Å². The zero-order chi connectivity index (χ0) is 15.2. The summed E-state index contributed by atoms with van der Waals surface area (Å²) >= 11 is 0. The summed E-state index contributed by atoms with van der Waals surface area (Å²) in [6.07, 6.45) is 5.40. The van der Waals surface area contributed by atoms with E-state index in [-0.39, 0.29) is 11.9 Å². The van der Waals surface area contributed by atoms with Gasteiger partial charge in [-0.3, -0.25) is 4.79 Å². The SMILES string of the molecule is CC1CCC(CNc2ccc(C(=O)NC(C)C)cc2)CC1. The molecule has 1 aliphatic carbocycles. The van der Waals surface area contributed by atoms with Gasteiger partial charge in [-0.15, -0.1) is 0 Å². The van der Waals surface area contributed by atoms with E-state index >= 15 is 0 Å². The fraction of sp³-hybridized carbons (Fsp3) is 0.611. The van der Waals surface area contributed by atoms with Gasteiger partial charge in [-0.2, -0.15) is 0 Å². The van der Waals surface area contributed by atoms with Gasteiger partial charge in [0, 0.05) is 23.8 Å². The fourth-order valence-electron chi connectivity index (χ4n) is 2.88. The molecule has 0 aromatic heterocycles. The number of carbonyl (C=O) groups is 1. The van der Waals surface area contributed by atoms with E-state index in [9.17, 15) is 4.79 Å². The molecule has 116 valence electrons. The highest BCUT2D eigenvalue weighted by Gasteiger charge is 2.17. The highest BCUT2D eigenvalue weighted by molar-refractivity contribution is 5.94. The molecule has 1 amide bonds. The third-order valence-electron chi connectivity index (χ3n) is 4.30. The number of carbonyl (C=O) groups excluding carboxylic acids is 1. The van der Waals surface area contributed by atoms with Crippen LogP contribution in [0, 0.1) is 11.8 Å². The maximum absolute atomic E-state index is 11.9. The first kappa shape index (κ1) is 15.9. The average Bonchev–Trinajstić information content (AvgIpc) is 2.46. The first-order chi connectivity index (χ1) is 10.0. The Morgan fingerprint density at radius 3 is 2.33 bits per heavy atom. The summed E-state index contributed by atoms with van der Waals surface area (Å²) in [6, 6.07) is 7.96. The second kappa shape index (κ2) is 7.48. The van der Waals surface area contributed by atoms with Crippen molar-refractivity contribution in [3.05, 3.63) is 29.8 Å². The molecule has 1 aromatic rings. The van der Waals surface area contributed by atoms with Gasteiger partial charge >= 0.3 is 0 Å². The van der Waals surface area contributed by atoms with Crippen LogP contribution in [0.25, 0.3) is 0 Å². The van der Waals surface area contributed by atoms with Gasteiger partial charge in [0.1, 0.15) is 0 Å². The van der Waals surface area contributed by atoms with Crippen LogP contribution in [-0.2, 0) is 0 Å². The lowest BCUT2D eigenvalue weighted by molar-refractivity contribution is 0.0943. The predicted molar refractivity (Wildman–Crippen MR) is 88.7 cm³/mol. The molecule has 0 aliphatic heterocycles. The largest absolute Gasteiger partial charge is 0.385 e. The molecule has 1 aliphatic rings. The van der Waals surface area contributed by atoms with Crippen molar-refractivity contribution in [2.45, 2.75) is 52.5 Å². The monoisotopic (exact) mass is 288 g/mol. The van der Waals surface area contributed by atoms with Crippen LogP contribution in [-0.4, -0.2) is 18.5 Å². The number of hydrogen-bond donors (Lipinski definition) is 2. The molecule has 2 N–H and O–H groups in total. The zero-order valence-corrected chi connectivity index (χ0v) is 13.5. The highest BCUT2D eigenvalue weighted by Crippen LogP contribution is 2.28.